The maximum Gasteiger partial charge on any atom is 0.226 e. The smallest absolute Gasteiger partial charge is 0.226 e. The number of piperazine rings is 1. The van der Waals surface area contributed by atoms with Crippen LogP contribution < -0.4 is 10.2 Å². The van der Waals surface area contributed by atoms with Crippen LogP contribution >= 0.6 is 11.8 Å². The molecule has 1 aromatic heterocycles. The van der Waals surface area contributed by atoms with Gasteiger partial charge >= 0.3 is 0 Å². The molecule has 1 saturated heterocycles. The van der Waals surface area contributed by atoms with Gasteiger partial charge in [-0.05, 0) is 25.0 Å². The number of anilines is 1. The molecule has 1 saturated carbocycles. The maximum atomic E-state index is 12.5. The molecule has 2 aliphatic heterocycles. The summed E-state index contributed by atoms with van der Waals surface area (Å²) in [5.74, 6) is 0.894. The Morgan fingerprint density at radius 1 is 1.07 bits per heavy atom. The van der Waals surface area contributed by atoms with Crippen LogP contribution in [0.5, 0.6) is 0 Å². The lowest BCUT2D eigenvalue weighted by Gasteiger charge is -2.35. The summed E-state index contributed by atoms with van der Waals surface area (Å²) in [4.78, 5) is 37.9. The van der Waals surface area contributed by atoms with E-state index in [-0.39, 0.29) is 24.7 Å². The van der Waals surface area contributed by atoms with Gasteiger partial charge in [-0.15, -0.1) is 0 Å². The van der Waals surface area contributed by atoms with Crippen LogP contribution in [0, 0.1) is 0 Å². The Morgan fingerprint density at radius 2 is 1.90 bits per heavy atom. The van der Waals surface area contributed by atoms with Gasteiger partial charge in [0.25, 0.3) is 0 Å². The summed E-state index contributed by atoms with van der Waals surface area (Å²) < 4.78 is 0. The SMILES string of the molecule is O=C(CCC(=O)N1CCN(c2ccccn2)CC1)NC1=NC2CCCCCC2S1. The van der Waals surface area contributed by atoms with Crippen molar-refractivity contribution in [2.24, 2.45) is 4.99 Å². The maximum absolute atomic E-state index is 12.5. The van der Waals surface area contributed by atoms with Crippen molar-refractivity contribution >= 4 is 34.6 Å². The van der Waals surface area contributed by atoms with Crippen molar-refractivity contribution in [3.63, 3.8) is 0 Å². The monoisotopic (exact) mass is 415 g/mol. The highest BCUT2D eigenvalue weighted by Gasteiger charge is 2.31. The average molecular weight is 416 g/mol. The largest absolute Gasteiger partial charge is 0.353 e. The van der Waals surface area contributed by atoms with Crippen LogP contribution in [-0.4, -0.2) is 64.3 Å². The predicted octanol–water partition coefficient (Wildman–Crippen LogP) is 2.43. The van der Waals surface area contributed by atoms with E-state index in [1.807, 2.05) is 23.1 Å². The van der Waals surface area contributed by atoms with Gasteiger partial charge in [0.15, 0.2) is 5.17 Å². The molecule has 1 aliphatic carbocycles. The van der Waals surface area contributed by atoms with E-state index in [0.29, 0.717) is 24.4 Å². The van der Waals surface area contributed by atoms with Crippen molar-refractivity contribution in [3.8, 4) is 0 Å². The van der Waals surface area contributed by atoms with Crippen molar-refractivity contribution in [2.75, 3.05) is 31.1 Å². The molecule has 29 heavy (non-hydrogen) atoms. The fraction of sp³-hybridized carbons (Fsp3) is 0.619. The number of thioether (sulfide) groups is 1. The van der Waals surface area contributed by atoms with Crippen LogP contribution in [0.4, 0.5) is 5.82 Å². The van der Waals surface area contributed by atoms with Gasteiger partial charge in [0.1, 0.15) is 5.82 Å². The zero-order valence-electron chi connectivity index (χ0n) is 16.8. The summed E-state index contributed by atoms with van der Waals surface area (Å²) in [6, 6.07) is 6.22. The third-order valence-corrected chi connectivity index (χ3v) is 7.17. The molecular formula is C21H29N5O2S. The van der Waals surface area contributed by atoms with E-state index in [1.165, 1.54) is 25.7 Å². The predicted molar refractivity (Wildman–Crippen MR) is 116 cm³/mol. The first-order chi connectivity index (χ1) is 14.2. The summed E-state index contributed by atoms with van der Waals surface area (Å²) in [5.41, 5.74) is 0. The molecule has 2 amide bonds. The molecule has 2 unspecified atom stereocenters. The molecule has 2 fully saturated rings. The van der Waals surface area contributed by atoms with E-state index in [1.54, 1.807) is 18.0 Å². The molecule has 3 heterocycles. The number of carbonyl (C=O) groups is 2. The van der Waals surface area contributed by atoms with Gasteiger partial charge in [-0.1, -0.05) is 37.1 Å². The normalized spacial score (nSPS) is 24.5. The third kappa shape index (κ3) is 5.29. The van der Waals surface area contributed by atoms with Gasteiger partial charge in [-0.2, -0.15) is 0 Å². The van der Waals surface area contributed by atoms with Crippen LogP contribution in [0.15, 0.2) is 29.4 Å². The first-order valence-electron chi connectivity index (χ1n) is 10.7. The Hall–Kier alpha value is -2.09. The zero-order chi connectivity index (χ0) is 20.1. The average Bonchev–Trinajstić information content (AvgIpc) is 3.00. The number of amidine groups is 1. The lowest BCUT2D eigenvalue weighted by molar-refractivity contribution is -0.133. The van der Waals surface area contributed by atoms with Crippen LogP contribution in [0.3, 0.4) is 0 Å². The first kappa shape index (κ1) is 20.2. The molecule has 0 radical (unpaired) electrons. The van der Waals surface area contributed by atoms with E-state index in [9.17, 15) is 9.59 Å². The molecular weight excluding hydrogens is 386 g/mol. The van der Waals surface area contributed by atoms with Crippen molar-refractivity contribution < 1.29 is 9.59 Å². The standard InChI is InChI=1S/C21H29N5O2S/c27-19(24-21-23-16-6-2-1-3-7-17(16)29-21)9-10-20(28)26-14-12-25(13-15-26)18-8-4-5-11-22-18/h4-5,8,11,16-17H,1-3,6-7,9-10,12-15H2,(H,23,24,27). The van der Waals surface area contributed by atoms with Gasteiger partial charge in [-0.3, -0.25) is 14.6 Å². The minimum absolute atomic E-state index is 0.0481. The number of aliphatic imine (C=N–C) groups is 1. The highest BCUT2D eigenvalue weighted by atomic mass is 32.2. The highest BCUT2D eigenvalue weighted by Crippen LogP contribution is 2.35. The Bertz CT molecular complexity index is 749. The second-order valence-electron chi connectivity index (χ2n) is 7.90. The minimum atomic E-state index is -0.104. The number of fused-ring (bicyclic) bond motifs is 1. The number of nitrogens with one attached hydrogen (secondary N) is 1. The number of rotatable bonds is 4. The summed E-state index contributed by atoms with van der Waals surface area (Å²) in [6.45, 7) is 2.88. The molecule has 0 spiro atoms. The summed E-state index contributed by atoms with van der Waals surface area (Å²) in [6.07, 6.45) is 8.34. The molecule has 3 aliphatic rings. The summed E-state index contributed by atoms with van der Waals surface area (Å²) in [5, 5.41) is 4.20. The Labute approximate surface area is 176 Å². The van der Waals surface area contributed by atoms with Crippen molar-refractivity contribution in [1.29, 1.82) is 0 Å². The van der Waals surface area contributed by atoms with Crippen LogP contribution in [0.1, 0.15) is 44.9 Å². The molecule has 0 bridgehead atoms. The molecule has 0 aromatic carbocycles. The topological polar surface area (TPSA) is 77.9 Å². The molecule has 7 nitrogen and oxygen atoms in total. The number of pyridine rings is 1. The fourth-order valence-corrected chi connectivity index (χ4v) is 5.51. The molecule has 2 atom stereocenters. The van der Waals surface area contributed by atoms with Crippen molar-refractivity contribution in [2.45, 2.75) is 56.2 Å². The van der Waals surface area contributed by atoms with E-state index in [2.05, 4.69) is 15.2 Å². The van der Waals surface area contributed by atoms with Crippen LogP contribution in [-0.2, 0) is 9.59 Å². The Kier molecular flexibility index (Phi) is 6.69. The molecule has 156 valence electrons. The van der Waals surface area contributed by atoms with Crippen molar-refractivity contribution in [1.82, 2.24) is 15.2 Å². The molecule has 4 rings (SSSR count). The zero-order valence-corrected chi connectivity index (χ0v) is 17.6. The number of carbonyl (C=O) groups excluding carboxylic acids is 2. The minimum Gasteiger partial charge on any atom is -0.353 e. The third-order valence-electron chi connectivity index (χ3n) is 5.88. The number of hydrogen-bond acceptors (Lipinski definition) is 6. The van der Waals surface area contributed by atoms with Crippen LogP contribution in [0.25, 0.3) is 0 Å². The summed E-state index contributed by atoms with van der Waals surface area (Å²) in [7, 11) is 0. The molecule has 1 N–H and O–H groups in total. The molecule has 8 heteroatoms. The van der Waals surface area contributed by atoms with Gasteiger partial charge in [-0.25, -0.2) is 4.98 Å². The number of aromatic nitrogens is 1. The van der Waals surface area contributed by atoms with Crippen molar-refractivity contribution in [3.05, 3.63) is 24.4 Å². The Balaban J connectivity index is 1.18. The number of amides is 2. The molecule has 1 aromatic rings. The van der Waals surface area contributed by atoms with Gasteiger partial charge < -0.3 is 15.1 Å². The summed E-state index contributed by atoms with van der Waals surface area (Å²) >= 11 is 1.71. The highest BCUT2D eigenvalue weighted by molar-refractivity contribution is 8.14. The van der Waals surface area contributed by atoms with E-state index in [0.717, 1.165) is 30.5 Å². The Morgan fingerprint density at radius 3 is 2.69 bits per heavy atom. The quantitative estimate of drug-likeness (QED) is 0.817. The van der Waals surface area contributed by atoms with Crippen LogP contribution in [0.2, 0.25) is 0 Å². The fourth-order valence-electron chi connectivity index (χ4n) is 4.21. The van der Waals surface area contributed by atoms with E-state index in [4.69, 9.17) is 4.99 Å². The van der Waals surface area contributed by atoms with Gasteiger partial charge in [0.05, 0.1) is 6.04 Å². The van der Waals surface area contributed by atoms with E-state index >= 15 is 0 Å². The number of nitrogens with zero attached hydrogens (tertiary/aromatic N) is 4. The number of hydrogen-bond donors (Lipinski definition) is 1. The van der Waals surface area contributed by atoms with Gasteiger partial charge in [0, 0.05) is 50.5 Å². The first-order valence-corrected chi connectivity index (χ1v) is 11.5. The van der Waals surface area contributed by atoms with E-state index < -0.39 is 0 Å². The van der Waals surface area contributed by atoms with Gasteiger partial charge in [0.2, 0.25) is 11.8 Å². The lowest BCUT2D eigenvalue weighted by atomic mass is 10.1. The second kappa shape index (κ2) is 9.61. The lowest BCUT2D eigenvalue weighted by Crippen LogP contribution is -2.49. The second-order valence-corrected chi connectivity index (χ2v) is 9.13.